The van der Waals surface area contributed by atoms with E-state index in [1.165, 1.54) is 39.0 Å². The fourth-order valence-electron chi connectivity index (χ4n) is 2.27. The lowest BCUT2D eigenvalue weighted by molar-refractivity contribution is 0.176. The summed E-state index contributed by atoms with van der Waals surface area (Å²) < 4.78 is 0. The number of hydrogen-bond donors (Lipinski definition) is 1. The Morgan fingerprint density at radius 2 is 1.94 bits per heavy atom. The SMILES string of the molecule is C#CCCCN1CCC(CNC(C)(C)C)CC1. The zero-order valence-corrected chi connectivity index (χ0v) is 11.8. The molecule has 0 amide bonds. The van der Waals surface area contributed by atoms with Gasteiger partial charge in [0.15, 0.2) is 0 Å². The summed E-state index contributed by atoms with van der Waals surface area (Å²) >= 11 is 0. The van der Waals surface area contributed by atoms with Crippen molar-refractivity contribution < 1.29 is 0 Å². The minimum absolute atomic E-state index is 0.254. The largest absolute Gasteiger partial charge is 0.312 e. The maximum absolute atomic E-state index is 5.27. The summed E-state index contributed by atoms with van der Waals surface area (Å²) in [5.41, 5.74) is 0.254. The Labute approximate surface area is 107 Å². The number of unbranched alkanes of at least 4 members (excludes halogenated alkanes) is 1. The molecule has 98 valence electrons. The smallest absolute Gasteiger partial charge is 0.00982 e. The van der Waals surface area contributed by atoms with Crippen molar-refractivity contribution in [3.8, 4) is 12.3 Å². The molecule has 0 spiro atoms. The molecule has 0 aromatic carbocycles. The first kappa shape index (κ1) is 14.5. The van der Waals surface area contributed by atoms with Crippen molar-refractivity contribution in [3.63, 3.8) is 0 Å². The molecule has 1 heterocycles. The average Bonchev–Trinajstić information content (AvgIpc) is 2.27. The third kappa shape index (κ3) is 6.71. The van der Waals surface area contributed by atoms with Gasteiger partial charge in [-0.25, -0.2) is 0 Å². The number of likely N-dealkylation sites (tertiary alicyclic amines) is 1. The Kier molecular flexibility index (Phi) is 6.02. The lowest BCUT2D eigenvalue weighted by atomic mass is 9.95. The van der Waals surface area contributed by atoms with Gasteiger partial charge in [-0.05, 0) is 72.1 Å². The van der Waals surface area contributed by atoms with Crippen LogP contribution in [0.1, 0.15) is 46.5 Å². The number of terminal acetylenes is 1. The maximum atomic E-state index is 5.27. The van der Waals surface area contributed by atoms with Crippen LogP contribution in [0, 0.1) is 18.3 Å². The topological polar surface area (TPSA) is 15.3 Å². The van der Waals surface area contributed by atoms with Crippen LogP contribution in [0.25, 0.3) is 0 Å². The fraction of sp³-hybridized carbons (Fsp3) is 0.867. The summed E-state index contributed by atoms with van der Waals surface area (Å²) in [5.74, 6) is 3.58. The molecule has 0 aromatic rings. The number of nitrogens with one attached hydrogen (secondary N) is 1. The Morgan fingerprint density at radius 3 is 2.47 bits per heavy atom. The minimum atomic E-state index is 0.254. The summed E-state index contributed by atoms with van der Waals surface area (Å²) in [6.45, 7) is 11.6. The first-order chi connectivity index (χ1) is 8.01. The fourth-order valence-corrected chi connectivity index (χ4v) is 2.27. The van der Waals surface area contributed by atoms with Crippen LogP contribution in [0.5, 0.6) is 0 Å². The van der Waals surface area contributed by atoms with Gasteiger partial charge in [0.2, 0.25) is 0 Å². The van der Waals surface area contributed by atoms with Gasteiger partial charge in [-0.2, -0.15) is 0 Å². The first-order valence-electron chi connectivity index (χ1n) is 6.92. The summed E-state index contributed by atoms with van der Waals surface area (Å²) in [6.07, 6.45) is 10.0. The highest BCUT2D eigenvalue weighted by molar-refractivity contribution is 4.84. The number of nitrogens with zero attached hydrogens (tertiary/aromatic N) is 1. The summed E-state index contributed by atoms with van der Waals surface area (Å²) in [6, 6.07) is 0. The lowest BCUT2D eigenvalue weighted by Gasteiger charge is -2.33. The molecule has 0 saturated carbocycles. The molecule has 0 atom stereocenters. The lowest BCUT2D eigenvalue weighted by Crippen LogP contribution is -2.43. The second kappa shape index (κ2) is 7.03. The van der Waals surface area contributed by atoms with Crippen molar-refractivity contribution in [2.75, 3.05) is 26.2 Å². The van der Waals surface area contributed by atoms with E-state index in [-0.39, 0.29) is 5.54 Å². The van der Waals surface area contributed by atoms with E-state index >= 15 is 0 Å². The normalized spacial score (nSPS) is 19.2. The molecule has 0 radical (unpaired) electrons. The molecule has 1 saturated heterocycles. The molecule has 2 heteroatoms. The van der Waals surface area contributed by atoms with E-state index in [0.717, 1.165) is 18.8 Å². The molecule has 1 aliphatic heterocycles. The Balaban J connectivity index is 2.11. The Morgan fingerprint density at radius 1 is 1.29 bits per heavy atom. The molecule has 0 unspecified atom stereocenters. The summed E-state index contributed by atoms with van der Waals surface area (Å²) in [7, 11) is 0. The molecule has 0 aromatic heterocycles. The number of rotatable bonds is 5. The van der Waals surface area contributed by atoms with Crippen molar-refractivity contribution in [1.29, 1.82) is 0 Å². The van der Waals surface area contributed by atoms with E-state index in [2.05, 4.69) is 36.9 Å². The van der Waals surface area contributed by atoms with Crippen molar-refractivity contribution >= 4 is 0 Å². The molecule has 1 fully saturated rings. The zero-order valence-electron chi connectivity index (χ0n) is 11.8. The summed E-state index contributed by atoms with van der Waals surface area (Å²) in [4.78, 5) is 2.56. The predicted molar refractivity (Wildman–Crippen MR) is 75.0 cm³/mol. The van der Waals surface area contributed by atoms with Gasteiger partial charge in [-0.15, -0.1) is 12.3 Å². The monoisotopic (exact) mass is 236 g/mol. The van der Waals surface area contributed by atoms with Gasteiger partial charge in [0, 0.05) is 12.0 Å². The highest BCUT2D eigenvalue weighted by atomic mass is 15.1. The third-order valence-electron chi connectivity index (χ3n) is 3.42. The van der Waals surface area contributed by atoms with E-state index in [0.29, 0.717) is 0 Å². The average molecular weight is 236 g/mol. The van der Waals surface area contributed by atoms with Gasteiger partial charge < -0.3 is 10.2 Å². The summed E-state index contributed by atoms with van der Waals surface area (Å²) in [5, 5.41) is 3.61. The highest BCUT2D eigenvalue weighted by Crippen LogP contribution is 2.17. The molecule has 0 bridgehead atoms. The van der Waals surface area contributed by atoms with Crippen molar-refractivity contribution in [1.82, 2.24) is 10.2 Å². The second-order valence-electron chi connectivity index (χ2n) is 6.22. The van der Waals surface area contributed by atoms with Gasteiger partial charge in [-0.1, -0.05) is 0 Å². The quantitative estimate of drug-likeness (QED) is 0.583. The Bertz CT molecular complexity index is 239. The highest BCUT2D eigenvalue weighted by Gasteiger charge is 2.20. The van der Waals surface area contributed by atoms with E-state index in [1.54, 1.807) is 0 Å². The minimum Gasteiger partial charge on any atom is -0.312 e. The van der Waals surface area contributed by atoms with Gasteiger partial charge >= 0.3 is 0 Å². The standard InChI is InChI=1S/C15H28N2/c1-5-6-7-10-17-11-8-14(9-12-17)13-16-15(2,3)4/h1,14,16H,6-13H2,2-4H3. The molecule has 1 aliphatic rings. The molecule has 17 heavy (non-hydrogen) atoms. The van der Waals surface area contributed by atoms with Crippen LogP contribution in [0.15, 0.2) is 0 Å². The van der Waals surface area contributed by atoms with Crippen LogP contribution in [0.3, 0.4) is 0 Å². The molecule has 1 N–H and O–H groups in total. The number of piperidine rings is 1. The van der Waals surface area contributed by atoms with Crippen molar-refractivity contribution in [2.24, 2.45) is 5.92 Å². The molecular weight excluding hydrogens is 208 g/mol. The van der Waals surface area contributed by atoms with Crippen LogP contribution in [-0.4, -0.2) is 36.6 Å². The maximum Gasteiger partial charge on any atom is 0.00982 e. The van der Waals surface area contributed by atoms with Crippen LogP contribution in [-0.2, 0) is 0 Å². The van der Waals surface area contributed by atoms with E-state index in [4.69, 9.17) is 6.42 Å². The molecule has 1 rings (SSSR count). The van der Waals surface area contributed by atoms with Gasteiger partial charge in [-0.3, -0.25) is 0 Å². The molecule has 0 aliphatic carbocycles. The van der Waals surface area contributed by atoms with Crippen molar-refractivity contribution in [3.05, 3.63) is 0 Å². The van der Waals surface area contributed by atoms with Crippen molar-refractivity contribution in [2.45, 2.75) is 52.0 Å². The van der Waals surface area contributed by atoms with Gasteiger partial charge in [0.05, 0.1) is 0 Å². The van der Waals surface area contributed by atoms with E-state index in [9.17, 15) is 0 Å². The molecular formula is C15H28N2. The first-order valence-corrected chi connectivity index (χ1v) is 6.92. The third-order valence-corrected chi connectivity index (χ3v) is 3.42. The van der Waals surface area contributed by atoms with E-state index < -0.39 is 0 Å². The van der Waals surface area contributed by atoms with Crippen LogP contribution < -0.4 is 5.32 Å². The Hall–Kier alpha value is -0.520. The molecule has 2 nitrogen and oxygen atoms in total. The van der Waals surface area contributed by atoms with Gasteiger partial charge in [0.1, 0.15) is 0 Å². The van der Waals surface area contributed by atoms with Crippen LogP contribution >= 0.6 is 0 Å². The van der Waals surface area contributed by atoms with E-state index in [1.807, 2.05) is 0 Å². The predicted octanol–water partition coefficient (Wildman–Crippen LogP) is 2.50. The van der Waals surface area contributed by atoms with Crippen LogP contribution in [0.2, 0.25) is 0 Å². The second-order valence-corrected chi connectivity index (χ2v) is 6.22. The van der Waals surface area contributed by atoms with Crippen LogP contribution in [0.4, 0.5) is 0 Å². The zero-order chi connectivity index (χ0) is 12.7. The van der Waals surface area contributed by atoms with Gasteiger partial charge in [0.25, 0.3) is 0 Å². The number of hydrogen-bond acceptors (Lipinski definition) is 2.